The molecule has 0 N–H and O–H groups in total. The minimum Gasteiger partial charge on any atom is -0.371 e. The van der Waals surface area contributed by atoms with Crippen LogP contribution in [-0.2, 0) is 4.74 Å². The van der Waals surface area contributed by atoms with E-state index in [1.807, 2.05) is 0 Å². The van der Waals surface area contributed by atoms with Gasteiger partial charge in [-0.2, -0.15) is 13.2 Å². The van der Waals surface area contributed by atoms with Gasteiger partial charge in [-0.05, 0) is 25.8 Å². The molecule has 0 aromatic carbocycles. The Hall–Kier alpha value is 0. The van der Waals surface area contributed by atoms with Crippen molar-refractivity contribution < 1.29 is 17.9 Å². The molecule has 1 atom stereocenters. The molecule has 1 rings (SSSR count). The molecule has 0 bridgehead atoms. The van der Waals surface area contributed by atoms with E-state index in [0.29, 0.717) is 18.5 Å². The highest BCUT2D eigenvalue weighted by molar-refractivity contribution is 6.17. The molecule has 1 aliphatic heterocycles. The fraction of sp³-hybridized carbons (Fsp3) is 1.00. The Kier molecular flexibility index (Phi) is 6.59. The predicted octanol–water partition coefficient (Wildman–Crippen LogP) is 3.05. The first-order valence-electron chi connectivity index (χ1n) is 5.97. The van der Waals surface area contributed by atoms with E-state index in [2.05, 4.69) is 9.64 Å². The van der Waals surface area contributed by atoms with E-state index in [1.54, 1.807) is 0 Å². The summed E-state index contributed by atoms with van der Waals surface area (Å²) in [5.41, 5.74) is 0. The minimum absolute atomic E-state index is 0.137. The van der Waals surface area contributed by atoms with E-state index < -0.39 is 12.8 Å². The number of hydrogen-bond acceptors (Lipinski definition) is 2. The van der Waals surface area contributed by atoms with Crippen molar-refractivity contribution in [3.05, 3.63) is 0 Å². The minimum atomic E-state index is -4.22. The quantitative estimate of drug-likeness (QED) is 0.545. The molecule has 0 saturated carbocycles. The fourth-order valence-corrected chi connectivity index (χ4v) is 2.43. The van der Waals surface area contributed by atoms with Gasteiger partial charge in [-0.3, -0.25) is 4.90 Å². The summed E-state index contributed by atoms with van der Waals surface area (Å²) in [4.78, 5) is 2.20. The average molecular weight is 274 g/mol. The predicted molar refractivity (Wildman–Crippen MR) is 61.4 cm³/mol. The molecular formula is C11H19ClF3NO. The molecule has 1 unspecified atom stereocenters. The van der Waals surface area contributed by atoms with Gasteiger partial charge in [-0.25, -0.2) is 0 Å². The Morgan fingerprint density at radius 3 is 2.71 bits per heavy atom. The lowest BCUT2D eigenvalue weighted by atomic mass is 10.0. The lowest BCUT2D eigenvalue weighted by Gasteiger charge is -2.35. The second-order valence-electron chi connectivity index (χ2n) is 4.33. The fourth-order valence-electron chi connectivity index (χ4n) is 2.18. The maximum Gasteiger partial charge on any atom is 0.411 e. The number of ether oxygens (including phenoxy) is 1. The molecule has 0 amide bonds. The van der Waals surface area contributed by atoms with Gasteiger partial charge in [-0.15, -0.1) is 11.6 Å². The first-order chi connectivity index (χ1) is 8.03. The van der Waals surface area contributed by atoms with Crippen LogP contribution in [0.5, 0.6) is 0 Å². The highest BCUT2D eigenvalue weighted by atomic mass is 35.5. The summed E-state index contributed by atoms with van der Waals surface area (Å²) in [5, 5.41) is 0. The number of alkyl halides is 4. The standard InChI is InChI=1S/C11H19ClF3NO/c12-5-4-10-3-1-2-6-16(10)7-8-17-9-11(13,14)15/h10H,1-9H2. The van der Waals surface area contributed by atoms with Crippen molar-refractivity contribution in [2.45, 2.75) is 37.9 Å². The van der Waals surface area contributed by atoms with Crippen LogP contribution in [-0.4, -0.2) is 49.3 Å². The lowest BCUT2D eigenvalue weighted by molar-refractivity contribution is -0.175. The van der Waals surface area contributed by atoms with Gasteiger partial charge in [0.2, 0.25) is 0 Å². The van der Waals surface area contributed by atoms with Crippen LogP contribution < -0.4 is 0 Å². The van der Waals surface area contributed by atoms with Crippen molar-refractivity contribution >= 4 is 11.6 Å². The third-order valence-corrected chi connectivity index (χ3v) is 3.20. The van der Waals surface area contributed by atoms with Crippen LogP contribution in [0.1, 0.15) is 25.7 Å². The van der Waals surface area contributed by atoms with Crippen molar-refractivity contribution in [2.75, 3.05) is 32.2 Å². The van der Waals surface area contributed by atoms with Crippen LogP contribution in [0.2, 0.25) is 0 Å². The molecule has 1 fully saturated rings. The molecule has 0 aromatic heterocycles. The van der Waals surface area contributed by atoms with E-state index >= 15 is 0 Å². The highest BCUT2D eigenvalue weighted by Crippen LogP contribution is 2.20. The second kappa shape index (κ2) is 7.44. The van der Waals surface area contributed by atoms with Crippen LogP contribution >= 0.6 is 11.6 Å². The Balaban J connectivity index is 2.19. The summed E-state index contributed by atoms with van der Waals surface area (Å²) in [6, 6.07) is 0.413. The number of rotatable bonds is 6. The van der Waals surface area contributed by atoms with Crippen molar-refractivity contribution in [3.8, 4) is 0 Å². The van der Waals surface area contributed by atoms with Gasteiger partial charge in [0.25, 0.3) is 0 Å². The zero-order valence-corrected chi connectivity index (χ0v) is 10.6. The van der Waals surface area contributed by atoms with Gasteiger partial charge in [0.15, 0.2) is 0 Å². The number of halogens is 4. The zero-order chi connectivity index (χ0) is 12.7. The van der Waals surface area contributed by atoms with Gasteiger partial charge in [0.1, 0.15) is 6.61 Å². The van der Waals surface area contributed by atoms with Crippen molar-refractivity contribution in [2.24, 2.45) is 0 Å². The topological polar surface area (TPSA) is 12.5 Å². The van der Waals surface area contributed by atoms with Crippen LogP contribution in [0.3, 0.4) is 0 Å². The monoisotopic (exact) mass is 273 g/mol. The number of likely N-dealkylation sites (tertiary alicyclic amines) is 1. The first kappa shape index (κ1) is 15.1. The summed E-state index contributed by atoms with van der Waals surface area (Å²) in [6.45, 7) is 0.494. The molecule has 17 heavy (non-hydrogen) atoms. The molecule has 0 aromatic rings. The summed E-state index contributed by atoms with van der Waals surface area (Å²) in [6.07, 6.45) is 0.0593. The van der Waals surface area contributed by atoms with Gasteiger partial charge in [-0.1, -0.05) is 6.42 Å². The normalized spacial score (nSPS) is 22.9. The molecule has 102 valence electrons. The second-order valence-corrected chi connectivity index (χ2v) is 4.71. The van der Waals surface area contributed by atoms with E-state index in [4.69, 9.17) is 11.6 Å². The molecule has 1 heterocycles. The van der Waals surface area contributed by atoms with E-state index in [1.165, 1.54) is 6.42 Å². The summed E-state index contributed by atoms with van der Waals surface area (Å²) in [7, 11) is 0. The van der Waals surface area contributed by atoms with Gasteiger partial charge in [0, 0.05) is 18.5 Å². The number of hydrogen-bond donors (Lipinski definition) is 0. The van der Waals surface area contributed by atoms with Gasteiger partial charge >= 0.3 is 6.18 Å². The van der Waals surface area contributed by atoms with Crippen molar-refractivity contribution in [1.29, 1.82) is 0 Å². The maximum absolute atomic E-state index is 11.9. The van der Waals surface area contributed by atoms with Crippen LogP contribution in [0.4, 0.5) is 13.2 Å². The maximum atomic E-state index is 11.9. The third-order valence-electron chi connectivity index (χ3n) is 2.98. The van der Waals surface area contributed by atoms with Crippen molar-refractivity contribution in [3.63, 3.8) is 0 Å². The van der Waals surface area contributed by atoms with E-state index in [9.17, 15) is 13.2 Å². The lowest BCUT2D eigenvalue weighted by Crippen LogP contribution is -2.41. The Labute approximate surface area is 105 Å². The molecule has 0 spiro atoms. The van der Waals surface area contributed by atoms with Crippen LogP contribution in [0.15, 0.2) is 0 Å². The molecule has 2 nitrogen and oxygen atoms in total. The number of nitrogens with zero attached hydrogens (tertiary/aromatic N) is 1. The summed E-state index contributed by atoms with van der Waals surface area (Å²) >= 11 is 5.71. The van der Waals surface area contributed by atoms with E-state index in [-0.39, 0.29) is 6.61 Å². The largest absolute Gasteiger partial charge is 0.411 e. The molecule has 0 aliphatic carbocycles. The van der Waals surface area contributed by atoms with Crippen LogP contribution in [0, 0.1) is 0 Å². The molecular weight excluding hydrogens is 255 g/mol. The number of piperidine rings is 1. The Bertz CT molecular complexity index is 211. The van der Waals surface area contributed by atoms with E-state index in [0.717, 1.165) is 25.8 Å². The first-order valence-corrected chi connectivity index (χ1v) is 6.51. The zero-order valence-electron chi connectivity index (χ0n) is 9.81. The SMILES string of the molecule is FC(F)(F)COCCN1CCCCC1CCCl. The highest BCUT2D eigenvalue weighted by Gasteiger charge is 2.28. The molecule has 1 aliphatic rings. The van der Waals surface area contributed by atoms with Gasteiger partial charge in [0.05, 0.1) is 6.61 Å². The average Bonchev–Trinajstić information content (AvgIpc) is 2.25. The molecule has 0 radical (unpaired) electrons. The molecule has 1 saturated heterocycles. The molecule has 6 heteroatoms. The summed E-state index contributed by atoms with van der Waals surface area (Å²) < 4.78 is 40.2. The van der Waals surface area contributed by atoms with Gasteiger partial charge < -0.3 is 4.74 Å². The smallest absolute Gasteiger partial charge is 0.371 e. The Morgan fingerprint density at radius 2 is 2.06 bits per heavy atom. The third kappa shape index (κ3) is 6.48. The van der Waals surface area contributed by atoms with Crippen LogP contribution in [0.25, 0.3) is 0 Å². The Morgan fingerprint density at radius 1 is 1.29 bits per heavy atom. The summed E-state index contributed by atoms with van der Waals surface area (Å²) in [5.74, 6) is 0.602. The van der Waals surface area contributed by atoms with Crippen molar-refractivity contribution in [1.82, 2.24) is 4.90 Å².